The van der Waals surface area contributed by atoms with Gasteiger partial charge in [0.2, 0.25) is 0 Å². The Morgan fingerprint density at radius 2 is 1.89 bits per heavy atom. The van der Waals surface area contributed by atoms with E-state index in [0.29, 0.717) is 17.7 Å². The van der Waals surface area contributed by atoms with Crippen molar-refractivity contribution in [2.75, 3.05) is 0 Å². The van der Waals surface area contributed by atoms with Crippen molar-refractivity contribution in [3.63, 3.8) is 0 Å². The standard InChI is InChI=1S/C14H16F2N2O/c1-2-12-3-4-14(19-12)13(18-17)7-9-5-10(15)8-11(16)6-9/h3-6,8,13,18H,2,7,17H2,1H3. The number of hydrogen-bond donors (Lipinski definition) is 2. The van der Waals surface area contributed by atoms with Gasteiger partial charge in [0.25, 0.3) is 0 Å². The molecule has 1 heterocycles. The van der Waals surface area contributed by atoms with Crippen LogP contribution in [0.2, 0.25) is 0 Å². The number of hydrazine groups is 1. The van der Waals surface area contributed by atoms with E-state index in [9.17, 15) is 8.78 Å². The van der Waals surface area contributed by atoms with Crippen LogP contribution in [0.15, 0.2) is 34.7 Å². The molecule has 0 amide bonds. The Labute approximate surface area is 110 Å². The molecular weight excluding hydrogens is 250 g/mol. The highest BCUT2D eigenvalue weighted by Gasteiger charge is 2.15. The summed E-state index contributed by atoms with van der Waals surface area (Å²) in [6, 6.07) is 6.79. The van der Waals surface area contributed by atoms with E-state index in [2.05, 4.69) is 5.43 Å². The van der Waals surface area contributed by atoms with Crippen molar-refractivity contribution in [3.05, 3.63) is 59.1 Å². The van der Waals surface area contributed by atoms with Gasteiger partial charge in [-0.25, -0.2) is 14.2 Å². The zero-order valence-electron chi connectivity index (χ0n) is 10.6. The summed E-state index contributed by atoms with van der Waals surface area (Å²) in [5.41, 5.74) is 3.13. The molecule has 0 aliphatic heterocycles. The largest absolute Gasteiger partial charge is 0.464 e. The lowest BCUT2D eigenvalue weighted by Crippen LogP contribution is -2.29. The highest BCUT2D eigenvalue weighted by molar-refractivity contribution is 5.21. The van der Waals surface area contributed by atoms with Gasteiger partial charge in [-0.05, 0) is 36.2 Å². The number of furan rings is 1. The van der Waals surface area contributed by atoms with Crippen LogP contribution >= 0.6 is 0 Å². The van der Waals surface area contributed by atoms with Gasteiger partial charge in [0, 0.05) is 12.5 Å². The number of nitrogens with two attached hydrogens (primary N) is 1. The summed E-state index contributed by atoms with van der Waals surface area (Å²) in [6.07, 6.45) is 1.13. The number of benzene rings is 1. The second-order valence-corrected chi connectivity index (χ2v) is 4.36. The fraction of sp³-hybridized carbons (Fsp3) is 0.286. The smallest absolute Gasteiger partial charge is 0.126 e. The molecule has 2 aromatic rings. The SMILES string of the molecule is CCc1ccc(C(Cc2cc(F)cc(F)c2)NN)o1. The molecule has 1 aromatic heterocycles. The summed E-state index contributed by atoms with van der Waals surface area (Å²) in [5.74, 6) is 5.79. The molecule has 0 bridgehead atoms. The molecule has 3 nitrogen and oxygen atoms in total. The molecule has 19 heavy (non-hydrogen) atoms. The van der Waals surface area contributed by atoms with Crippen LogP contribution in [0.1, 0.15) is 30.0 Å². The number of hydrogen-bond acceptors (Lipinski definition) is 3. The Morgan fingerprint density at radius 1 is 1.21 bits per heavy atom. The second kappa shape index (κ2) is 5.95. The zero-order valence-corrected chi connectivity index (χ0v) is 10.6. The van der Waals surface area contributed by atoms with E-state index in [1.165, 1.54) is 12.1 Å². The topological polar surface area (TPSA) is 51.2 Å². The van der Waals surface area contributed by atoms with E-state index in [1.807, 2.05) is 19.1 Å². The maximum Gasteiger partial charge on any atom is 0.126 e. The Kier molecular flexibility index (Phi) is 4.29. The zero-order chi connectivity index (χ0) is 13.8. The molecule has 102 valence electrons. The fourth-order valence-electron chi connectivity index (χ4n) is 1.98. The van der Waals surface area contributed by atoms with Gasteiger partial charge in [-0.2, -0.15) is 0 Å². The van der Waals surface area contributed by atoms with Gasteiger partial charge < -0.3 is 4.42 Å². The van der Waals surface area contributed by atoms with E-state index < -0.39 is 11.6 Å². The van der Waals surface area contributed by atoms with E-state index in [4.69, 9.17) is 10.3 Å². The average molecular weight is 266 g/mol. The number of nitrogens with one attached hydrogen (secondary N) is 1. The molecule has 3 N–H and O–H groups in total. The second-order valence-electron chi connectivity index (χ2n) is 4.36. The molecule has 0 spiro atoms. The van der Waals surface area contributed by atoms with Crippen LogP contribution < -0.4 is 11.3 Å². The summed E-state index contributed by atoms with van der Waals surface area (Å²) in [4.78, 5) is 0. The maximum absolute atomic E-state index is 13.1. The molecule has 0 saturated carbocycles. The maximum atomic E-state index is 13.1. The first-order valence-corrected chi connectivity index (χ1v) is 6.12. The number of halogens is 2. The highest BCUT2D eigenvalue weighted by atomic mass is 19.1. The number of aryl methyl sites for hydroxylation is 1. The molecule has 1 unspecified atom stereocenters. The van der Waals surface area contributed by atoms with Crippen LogP contribution in [-0.2, 0) is 12.8 Å². The third-order valence-corrected chi connectivity index (χ3v) is 2.94. The minimum Gasteiger partial charge on any atom is -0.464 e. The normalized spacial score (nSPS) is 12.6. The summed E-state index contributed by atoms with van der Waals surface area (Å²) in [7, 11) is 0. The van der Waals surface area contributed by atoms with E-state index in [-0.39, 0.29) is 6.04 Å². The molecule has 0 aliphatic carbocycles. The van der Waals surface area contributed by atoms with Crippen molar-refractivity contribution in [1.82, 2.24) is 5.43 Å². The molecule has 0 saturated heterocycles. The van der Waals surface area contributed by atoms with Crippen LogP contribution in [0, 0.1) is 11.6 Å². The molecule has 2 rings (SSSR count). The molecule has 0 aliphatic rings. The third kappa shape index (κ3) is 3.39. The first kappa shape index (κ1) is 13.7. The lowest BCUT2D eigenvalue weighted by molar-refractivity contribution is 0.395. The van der Waals surface area contributed by atoms with Crippen molar-refractivity contribution in [3.8, 4) is 0 Å². The van der Waals surface area contributed by atoms with Crippen LogP contribution in [0.3, 0.4) is 0 Å². The molecule has 0 fully saturated rings. The predicted octanol–water partition coefficient (Wildman–Crippen LogP) is 2.87. The van der Waals surface area contributed by atoms with Gasteiger partial charge in [0.05, 0.1) is 6.04 Å². The Hall–Kier alpha value is -1.72. The number of rotatable bonds is 5. The van der Waals surface area contributed by atoms with Gasteiger partial charge in [-0.3, -0.25) is 5.84 Å². The highest BCUT2D eigenvalue weighted by Crippen LogP contribution is 2.21. The average Bonchev–Trinajstić information content (AvgIpc) is 2.83. The third-order valence-electron chi connectivity index (χ3n) is 2.94. The van der Waals surface area contributed by atoms with E-state index in [1.54, 1.807) is 0 Å². The van der Waals surface area contributed by atoms with Crippen molar-refractivity contribution < 1.29 is 13.2 Å². The Bertz CT molecular complexity index is 534. The lowest BCUT2D eigenvalue weighted by Gasteiger charge is -2.13. The van der Waals surface area contributed by atoms with Gasteiger partial charge in [-0.15, -0.1) is 0 Å². The Balaban J connectivity index is 2.18. The van der Waals surface area contributed by atoms with Gasteiger partial charge in [0.1, 0.15) is 23.2 Å². The summed E-state index contributed by atoms with van der Waals surface area (Å²) in [6.45, 7) is 1.98. The quantitative estimate of drug-likeness (QED) is 0.646. The first-order valence-electron chi connectivity index (χ1n) is 6.12. The lowest BCUT2D eigenvalue weighted by atomic mass is 10.0. The molecule has 1 atom stereocenters. The molecule has 0 radical (unpaired) electrons. The van der Waals surface area contributed by atoms with Gasteiger partial charge in [0.15, 0.2) is 0 Å². The van der Waals surface area contributed by atoms with Crippen molar-refractivity contribution in [2.45, 2.75) is 25.8 Å². The van der Waals surface area contributed by atoms with E-state index >= 15 is 0 Å². The van der Waals surface area contributed by atoms with Crippen LogP contribution in [-0.4, -0.2) is 0 Å². The fourth-order valence-corrected chi connectivity index (χ4v) is 1.98. The van der Waals surface area contributed by atoms with Crippen molar-refractivity contribution in [1.29, 1.82) is 0 Å². The van der Waals surface area contributed by atoms with Crippen molar-refractivity contribution in [2.24, 2.45) is 5.84 Å². The summed E-state index contributed by atoms with van der Waals surface area (Å²) >= 11 is 0. The van der Waals surface area contributed by atoms with Gasteiger partial charge in [-0.1, -0.05) is 6.92 Å². The minimum absolute atomic E-state index is 0.318. The minimum atomic E-state index is -0.598. The van der Waals surface area contributed by atoms with Crippen molar-refractivity contribution >= 4 is 0 Å². The molecular formula is C14H16F2N2O. The summed E-state index contributed by atoms with van der Waals surface area (Å²) in [5, 5.41) is 0. The molecule has 1 aromatic carbocycles. The van der Waals surface area contributed by atoms with Crippen LogP contribution in [0.4, 0.5) is 8.78 Å². The van der Waals surface area contributed by atoms with Gasteiger partial charge >= 0.3 is 0 Å². The van der Waals surface area contributed by atoms with Crippen LogP contribution in [0.25, 0.3) is 0 Å². The van der Waals surface area contributed by atoms with E-state index in [0.717, 1.165) is 18.2 Å². The molecule has 5 heteroatoms. The monoisotopic (exact) mass is 266 g/mol. The predicted molar refractivity (Wildman–Crippen MR) is 68.2 cm³/mol. The Morgan fingerprint density at radius 3 is 2.42 bits per heavy atom. The van der Waals surface area contributed by atoms with Crippen LogP contribution in [0.5, 0.6) is 0 Å². The first-order chi connectivity index (χ1) is 9.12. The summed E-state index contributed by atoms with van der Waals surface area (Å²) < 4.78 is 31.8.